The van der Waals surface area contributed by atoms with E-state index in [2.05, 4.69) is 15.9 Å². The van der Waals surface area contributed by atoms with E-state index in [1.54, 1.807) is 18.1 Å². The number of thiophene rings is 1. The molecule has 1 amide bonds. The monoisotopic (exact) mass is 347 g/mol. The van der Waals surface area contributed by atoms with E-state index in [-0.39, 0.29) is 24.5 Å². The molecule has 1 aromatic rings. The van der Waals surface area contributed by atoms with Gasteiger partial charge in [0, 0.05) is 19.7 Å². The van der Waals surface area contributed by atoms with Gasteiger partial charge < -0.3 is 14.7 Å². The summed E-state index contributed by atoms with van der Waals surface area (Å²) in [5.74, 6) is -1.02. The lowest BCUT2D eigenvalue weighted by molar-refractivity contribution is -0.137. The molecule has 0 aliphatic carbocycles. The minimum atomic E-state index is -0.896. The molecule has 0 spiro atoms. The molecule has 2 rings (SSSR count). The molecular formula is C12H14BrNO4S. The maximum absolute atomic E-state index is 12.4. The molecule has 2 heterocycles. The molecule has 7 heteroatoms. The molecule has 1 aliphatic rings. The average molecular weight is 348 g/mol. The van der Waals surface area contributed by atoms with Gasteiger partial charge in [0.25, 0.3) is 5.91 Å². The minimum absolute atomic E-state index is 0.0435. The quantitative estimate of drug-likeness (QED) is 0.906. The van der Waals surface area contributed by atoms with E-state index in [0.29, 0.717) is 17.8 Å². The molecule has 1 aliphatic heterocycles. The fraction of sp³-hybridized carbons (Fsp3) is 0.500. The Morgan fingerprint density at radius 1 is 1.58 bits per heavy atom. The summed E-state index contributed by atoms with van der Waals surface area (Å²) in [4.78, 5) is 25.5. The number of carbonyl (C=O) groups excluding carboxylic acids is 1. The molecular weight excluding hydrogens is 334 g/mol. The Kier molecular flexibility index (Phi) is 4.59. The third-order valence-corrected chi connectivity index (χ3v) is 4.78. The first-order valence-corrected chi connectivity index (χ1v) is 7.43. The number of rotatable bonds is 4. The zero-order chi connectivity index (χ0) is 14.0. The van der Waals surface area contributed by atoms with E-state index < -0.39 is 5.97 Å². The summed E-state index contributed by atoms with van der Waals surface area (Å²) in [5, 5.41) is 8.92. The molecule has 1 N–H and O–H groups in total. The van der Waals surface area contributed by atoms with Crippen LogP contribution in [0, 0.1) is 0 Å². The van der Waals surface area contributed by atoms with Gasteiger partial charge in [-0.15, -0.1) is 11.3 Å². The predicted molar refractivity (Wildman–Crippen MR) is 74.5 cm³/mol. The van der Waals surface area contributed by atoms with Gasteiger partial charge in [0.2, 0.25) is 0 Å². The van der Waals surface area contributed by atoms with Crippen LogP contribution in [0.15, 0.2) is 15.9 Å². The Morgan fingerprint density at radius 2 is 2.32 bits per heavy atom. The van der Waals surface area contributed by atoms with Gasteiger partial charge in [0.15, 0.2) is 0 Å². The van der Waals surface area contributed by atoms with Gasteiger partial charge in [0.05, 0.1) is 21.2 Å². The van der Waals surface area contributed by atoms with Crippen molar-refractivity contribution in [3.05, 3.63) is 20.8 Å². The standard InChI is InChI=1S/C12H14BrNO4S/c1-18-8-4-7(5-11(15)16)14(6-8)12(17)9-2-3-10(13)19-9/h2-3,7-8H,4-6H2,1H3,(H,15,16). The van der Waals surface area contributed by atoms with E-state index in [0.717, 1.165) is 3.79 Å². The molecule has 1 fully saturated rings. The number of ether oxygens (including phenoxy) is 1. The van der Waals surface area contributed by atoms with Crippen molar-refractivity contribution in [1.82, 2.24) is 4.90 Å². The zero-order valence-corrected chi connectivity index (χ0v) is 12.7. The SMILES string of the molecule is COC1CC(CC(=O)O)N(C(=O)c2ccc(Br)s2)C1. The molecule has 1 saturated heterocycles. The van der Waals surface area contributed by atoms with Crippen molar-refractivity contribution in [3.8, 4) is 0 Å². The van der Waals surface area contributed by atoms with Gasteiger partial charge in [0.1, 0.15) is 0 Å². The molecule has 19 heavy (non-hydrogen) atoms. The number of carboxylic acids is 1. The Bertz CT molecular complexity index is 490. The molecule has 5 nitrogen and oxygen atoms in total. The number of methoxy groups -OCH3 is 1. The Balaban J connectivity index is 2.15. The number of amides is 1. The second-order valence-corrected chi connectivity index (χ2v) is 6.87. The van der Waals surface area contributed by atoms with Gasteiger partial charge in [-0.25, -0.2) is 0 Å². The van der Waals surface area contributed by atoms with Crippen LogP contribution in [-0.4, -0.2) is 47.7 Å². The normalized spacial score (nSPS) is 22.7. The number of aliphatic carboxylic acids is 1. The zero-order valence-electron chi connectivity index (χ0n) is 10.3. The van der Waals surface area contributed by atoms with Crippen molar-refractivity contribution in [3.63, 3.8) is 0 Å². The fourth-order valence-electron chi connectivity index (χ4n) is 2.26. The molecule has 0 radical (unpaired) electrons. The van der Waals surface area contributed by atoms with E-state index in [4.69, 9.17) is 9.84 Å². The van der Waals surface area contributed by atoms with Gasteiger partial charge in [-0.05, 0) is 34.5 Å². The molecule has 1 aromatic heterocycles. The lowest BCUT2D eigenvalue weighted by Crippen LogP contribution is -2.36. The van der Waals surface area contributed by atoms with Crippen LogP contribution in [0.3, 0.4) is 0 Å². The van der Waals surface area contributed by atoms with Crippen molar-refractivity contribution in [2.45, 2.75) is 25.0 Å². The van der Waals surface area contributed by atoms with Crippen molar-refractivity contribution in [2.75, 3.05) is 13.7 Å². The lowest BCUT2D eigenvalue weighted by atomic mass is 10.1. The Hall–Kier alpha value is -0.920. The predicted octanol–water partition coefficient (Wildman–Crippen LogP) is 2.21. The van der Waals surface area contributed by atoms with E-state index in [9.17, 15) is 9.59 Å². The van der Waals surface area contributed by atoms with E-state index >= 15 is 0 Å². The van der Waals surface area contributed by atoms with Crippen LogP contribution in [-0.2, 0) is 9.53 Å². The van der Waals surface area contributed by atoms with Crippen LogP contribution >= 0.6 is 27.3 Å². The van der Waals surface area contributed by atoms with Gasteiger partial charge in [-0.3, -0.25) is 9.59 Å². The first-order chi connectivity index (χ1) is 9.01. The Morgan fingerprint density at radius 3 is 2.84 bits per heavy atom. The third-order valence-electron chi connectivity index (χ3n) is 3.16. The lowest BCUT2D eigenvalue weighted by Gasteiger charge is -2.22. The Labute approximate surface area is 123 Å². The fourth-order valence-corrected chi connectivity index (χ4v) is 3.60. The average Bonchev–Trinajstić information content (AvgIpc) is 2.94. The molecule has 2 unspecified atom stereocenters. The van der Waals surface area contributed by atoms with Crippen LogP contribution in [0.4, 0.5) is 0 Å². The molecule has 0 saturated carbocycles. The van der Waals surface area contributed by atoms with Crippen molar-refractivity contribution < 1.29 is 19.4 Å². The van der Waals surface area contributed by atoms with Crippen LogP contribution in [0.1, 0.15) is 22.5 Å². The highest BCUT2D eigenvalue weighted by Crippen LogP contribution is 2.28. The highest BCUT2D eigenvalue weighted by Gasteiger charge is 2.37. The number of hydrogen-bond acceptors (Lipinski definition) is 4. The first kappa shape index (κ1) is 14.5. The number of carboxylic acid groups (broad SMARTS) is 1. The molecule has 104 valence electrons. The number of carbonyl (C=O) groups is 2. The topological polar surface area (TPSA) is 66.8 Å². The largest absolute Gasteiger partial charge is 0.481 e. The van der Waals surface area contributed by atoms with Gasteiger partial charge >= 0.3 is 5.97 Å². The summed E-state index contributed by atoms with van der Waals surface area (Å²) in [7, 11) is 1.58. The van der Waals surface area contributed by atoms with Crippen LogP contribution in [0.25, 0.3) is 0 Å². The summed E-state index contributed by atoms with van der Waals surface area (Å²) in [6, 6.07) is 3.26. The van der Waals surface area contributed by atoms with Crippen LogP contribution in [0.2, 0.25) is 0 Å². The smallest absolute Gasteiger partial charge is 0.305 e. The summed E-state index contributed by atoms with van der Waals surface area (Å²) in [5.41, 5.74) is 0. The third kappa shape index (κ3) is 3.34. The van der Waals surface area contributed by atoms with Crippen LogP contribution in [0.5, 0.6) is 0 Å². The van der Waals surface area contributed by atoms with Gasteiger partial charge in [-0.2, -0.15) is 0 Å². The maximum atomic E-state index is 12.4. The van der Waals surface area contributed by atoms with Crippen molar-refractivity contribution in [2.24, 2.45) is 0 Å². The minimum Gasteiger partial charge on any atom is -0.481 e. The summed E-state index contributed by atoms with van der Waals surface area (Å²) >= 11 is 4.67. The van der Waals surface area contributed by atoms with Crippen LogP contribution < -0.4 is 0 Å². The van der Waals surface area contributed by atoms with Crippen molar-refractivity contribution in [1.29, 1.82) is 0 Å². The highest BCUT2D eigenvalue weighted by atomic mass is 79.9. The first-order valence-electron chi connectivity index (χ1n) is 5.82. The number of nitrogens with zero attached hydrogens (tertiary/aromatic N) is 1. The summed E-state index contributed by atoms with van der Waals surface area (Å²) in [6.07, 6.45) is 0.441. The molecule has 0 aromatic carbocycles. The highest BCUT2D eigenvalue weighted by molar-refractivity contribution is 9.11. The van der Waals surface area contributed by atoms with E-state index in [1.165, 1.54) is 11.3 Å². The summed E-state index contributed by atoms with van der Waals surface area (Å²) < 4.78 is 6.13. The number of halogens is 1. The van der Waals surface area contributed by atoms with E-state index in [1.807, 2.05) is 6.07 Å². The second kappa shape index (κ2) is 6.02. The second-order valence-electron chi connectivity index (χ2n) is 4.41. The number of likely N-dealkylation sites (tertiary alicyclic amines) is 1. The molecule has 2 atom stereocenters. The maximum Gasteiger partial charge on any atom is 0.305 e. The van der Waals surface area contributed by atoms with Crippen molar-refractivity contribution >= 4 is 39.1 Å². The molecule has 0 bridgehead atoms. The number of hydrogen-bond donors (Lipinski definition) is 1. The van der Waals surface area contributed by atoms with Gasteiger partial charge in [-0.1, -0.05) is 0 Å². The summed E-state index contributed by atoms with van der Waals surface area (Å²) in [6.45, 7) is 0.447.